The minimum Gasteiger partial charge on any atom is -0.368 e. The molecule has 0 bridgehead atoms. The van der Waals surface area contributed by atoms with E-state index in [1.807, 2.05) is 84.9 Å². The van der Waals surface area contributed by atoms with Crippen molar-refractivity contribution in [3.8, 4) is 11.8 Å². The topological polar surface area (TPSA) is 12.0 Å². The SMILES string of the molecule is Clc1ccc([C@H](C#Cc2ccccc2)Nc2ccccc2)cc1. The van der Waals surface area contributed by atoms with Crippen LogP contribution >= 0.6 is 11.6 Å². The molecule has 1 atom stereocenters. The summed E-state index contributed by atoms with van der Waals surface area (Å²) in [6.07, 6.45) is 0. The predicted molar refractivity (Wildman–Crippen MR) is 97.6 cm³/mol. The number of rotatable bonds is 3. The highest BCUT2D eigenvalue weighted by molar-refractivity contribution is 6.30. The minimum absolute atomic E-state index is 0.102. The second kappa shape index (κ2) is 7.54. The molecule has 0 amide bonds. The molecule has 0 heterocycles. The summed E-state index contributed by atoms with van der Waals surface area (Å²) in [5, 5.41) is 4.19. The molecule has 0 unspecified atom stereocenters. The van der Waals surface area contributed by atoms with Gasteiger partial charge in [0.2, 0.25) is 0 Å². The van der Waals surface area contributed by atoms with Gasteiger partial charge in [-0.2, -0.15) is 0 Å². The first-order valence-electron chi connectivity index (χ1n) is 7.45. The lowest BCUT2D eigenvalue weighted by Crippen LogP contribution is -2.08. The van der Waals surface area contributed by atoms with Gasteiger partial charge in [0.1, 0.15) is 6.04 Å². The van der Waals surface area contributed by atoms with E-state index in [0.717, 1.165) is 21.8 Å². The molecule has 112 valence electrons. The van der Waals surface area contributed by atoms with Crippen LogP contribution in [0.4, 0.5) is 5.69 Å². The molecule has 3 aromatic carbocycles. The first-order valence-corrected chi connectivity index (χ1v) is 7.83. The first kappa shape index (κ1) is 15.2. The van der Waals surface area contributed by atoms with Crippen molar-refractivity contribution in [2.24, 2.45) is 0 Å². The average molecular weight is 318 g/mol. The molecule has 3 rings (SSSR count). The van der Waals surface area contributed by atoms with Crippen LogP contribution in [-0.4, -0.2) is 0 Å². The zero-order valence-electron chi connectivity index (χ0n) is 12.5. The van der Waals surface area contributed by atoms with Crippen LogP contribution in [0.5, 0.6) is 0 Å². The van der Waals surface area contributed by atoms with E-state index in [-0.39, 0.29) is 6.04 Å². The van der Waals surface area contributed by atoms with Gasteiger partial charge < -0.3 is 5.32 Å². The molecule has 2 heteroatoms. The maximum atomic E-state index is 5.99. The number of hydrogen-bond donors (Lipinski definition) is 1. The van der Waals surface area contributed by atoms with Gasteiger partial charge in [0.05, 0.1) is 0 Å². The number of benzene rings is 3. The Bertz CT molecular complexity index is 799. The third-order valence-electron chi connectivity index (χ3n) is 3.42. The van der Waals surface area contributed by atoms with Crippen molar-refractivity contribution in [2.75, 3.05) is 5.32 Å². The molecule has 0 saturated heterocycles. The van der Waals surface area contributed by atoms with Crippen LogP contribution in [0.2, 0.25) is 5.02 Å². The number of hydrogen-bond acceptors (Lipinski definition) is 1. The Morgan fingerprint density at radius 1 is 0.739 bits per heavy atom. The van der Waals surface area contributed by atoms with E-state index in [1.54, 1.807) is 0 Å². The van der Waals surface area contributed by atoms with E-state index in [9.17, 15) is 0 Å². The molecule has 3 aromatic rings. The Labute approximate surface area is 141 Å². The van der Waals surface area contributed by atoms with Gasteiger partial charge in [0.25, 0.3) is 0 Å². The summed E-state index contributed by atoms with van der Waals surface area (Å²) >= 11 is 5.99. The van der Waals surface area contributed by atoms with Gasteiger partial charge in [-0.25, -0.2) is 0 Å². The fraction of sp³-hybridized carbons (Fsp3) is 0.0476. The molecule has 0 aliphatic heterocycles. The quantitative estimate of drug-likeness (QED) is 0.625. The maximum Gasteiger partial charge on any atom is 0.114 e. The molecule has 0 aliphatic rings. The van der Waals surface area contributed by atoms with E-state index < -0.39 is 0 Å². The van der Waals surface area contributed by atoms with Crippen molar-refractivity contribution in [3.63, 3.8) is 0 Å². The lowest BCUT2D eigenvalue weighted by atomic mass is 10.1. The fourth-order valence-corrected chi connectivity index (χ4v) is 2.36. The second-order valence-electron chi connectivity index (χ2n) is 5.13. The number of para-hydroxylation sites is 1. The van der Waals surface area contributed by atoms with Crippen molar-refractivity contribution >= 4 is 17.3 Å². The average Bonchev–Trinajstić information content (AvgIpc) is 2.61. The van der Waals surface area contributed by atoms with Crippen LogP contribution in [0.15, 0.2) is 84.9 Å². The van der Waals surface area contributed by atoms with Gasteiger partial charge in [0.15, 0.2) is 0 Å². The molecule has 1 nitrogen and oxygen atoms in total. The predicted octanol–water partition coefficient (Wildman–Crippen LogP) is 5.54. The number of halogens is 1. The van der Waals surface area contributed by atoms with Crippen molar-refractivity contribution in [3.05, 3.63) is 101 Å². The third-order valence-corrected chi connectivity index (χ3v) is 3.67. The number of anilines is 1. The van der Waals surface area contributed by atoms with Crippen molar-refractivity contribution in [2.45, 2.75) is 6.04 Å². The summed E-state index contributed by atoms with van der Waals surface area (Å²) in [5.74, 6) is 6.55. The molecule has 0 aromatic heterocycles. The summed E-state index contributed by atoms with van der Waals surface area (Å²) in [6, 6.07) is 27.8. The monoisotopic (exact) mass is 317 g/mol. The van der Waals surface area contributed by atoms with Crippen molar-refractivity contribution in [1.29, 1.82) is 0 Å². The number of nitrogens with one attached hydrogen (secondary N) is 1. The van der Waals surface area contributed by atoms with E-state index in [1.165, 1.54) is 0 Å². The third kappa shape index (κ3) is 4.39. The highest BCUT2D eigenvalue weighted by Crippen LogP contribution is 2.21. The highest BCUT2D eigenvalue weighted by Gasteiger charge is 2.08. The molecule has 0 aliphatic carbocycles. The van der Waals surface area contributed by atoms with Gasteiger partial charge in [-0.3, -0.25) is 0 Å². The normalized spacial score (nSPS) is 11.2. The molecule has 23 heavy (non-hydrogen) atoms. The Hall–Kier alpha value is -2.69. The van der Waals surface area contributed by atoms with Crippen LogP contribution in [0.3, 0.4) is 0 Å². The zero-order chi connectivity index (χ0) is 15.9. The lowest BCUT2D eigenvalue weighted by Gasteiger charge is -2.15. The Morgan fingerprint density at radius 2 is 1.35 bits per heavy atom. The molecule has 0 saturated carbocycles. The maximum absolute atomic E-state index is 5.99. The van der Waals surface area contributed by atoms with E-state index >= 15 is 0 Å². The van der Waals surface area contributed by atoms with Gasteiger partial charge in [-0.15, -0.1) is 0 Å². The molecule has 0 fully saturated rings. The molecule has 1 N–H and O–H groups in total. The first-order chi connectivity index (χ1) is 11.3. The second-order valence-corrected chi connectivity index (χ2v) is 5.57. The van der Waals surface area contributed by atoms with Gasteiger partial charge >= 0.3 is 0 Å². The molecular formula is C21H16ClN. The summed E-state index contributed by atoms with van der Waals surface area (Å²) in [4.78, 5) is 0. The molecular weight excluding hydrogens is 302 g/mol. The lowest BCUT2D eigenvalue weighted by molar-refractivity contribution is 1.02. The van der Waals surface area contributed by atoms with Crippen molar-refractivity contribution < 1.29 is 0 Å². The Kier molecular flexibility index (Phi) is 4.99. The van der Waals surface area contributed by atoms with Gasteiger partial charge in [-0.1, -0.05) is 72.0 Å². The summed E-state index contributed by atoms with van der Waals surface area (Å²) in [6.45, 7) is 0. The highest BCUT2D eigenvalue weighted by atomic mass is 35.5. The van der Waals surface area contributed by atoms with E-state index in [0.29, 0.717) is 0 Å². The minimum atomic E-state index is -0.102. The van der Waals surface area contributed by atoms with Gasteiger partial charge in [0, 0.05) is 16.3 Å². The summed E-state index contributed by atoms with van der Waals surface area (Å²) in [5.41, 5.74) is 3.12. The fourth-order valence-electron chi connectivity index (χ4n) is 2.24. The van der Waals surface area contributed by atoms with Crippen LogP contribution in [-0.2, 0) is 0 Å². The molecule has 0 radical (unpaired) electrons. The van der Waals surface area contributed by atoms with Crippen LogP contribution < -0.4 is 5.32 Å². The van der Waals surface area contributed by atoms with E-state index in [4.69, 9.17) is 11.6 Å². The van der Waals surface area contributed by atoms with Crippen LogP contribution in [0.25, 0.3) is 0 Å². The summed E-state index contributed by atoms with van der Waals surface area (Å²) < 4.78 is 0. The van der Waals surface area contributed by atoms with Crippen LogP contribution in [0, 0.1) is 11.8 Å². The zero-order valence-corrected chi connectivity index (χ0v) is 13.3. The Morgan fingerprint density at radius 3 is 2.00 bits per heavy atom. The van der Waals surface area contributed by atoms with Gasteiger partial charge in [-0.05, 0) is 42.0 Å². The van der Waals surface area contributed by atoms with Crippen LogP contribution in [0.1, 0.15) is 17.2 Å². The Balaban J connectivity index is 1.90. The smallest absolute Gasteiger partial charge is 0.114 e. The summed E-state index contributed by atoms with van der Waals surface area (Å²) in [7, 11) is 0. The molecule has 0 spiro atoms. The van der Waals surface area contributed by atoms with Crippen molar-refractivity contribution in [1.82, 2.24) is 0 Å². The van der Waals surface area contributed by atoms with E-state index in [2.05, 4.69) is 17.2 Å². The standard InChI is InChI=1S/C21H16ClN/c22-19-14-12-18(13-15-19)21(23-20-9-5-2-6-10-20)16-11-17-7-3-1-4-8-17/h1-10,12-15,21,23H/t21-/m0/s1. The largest absolute Gasteiger partial charge is 0.368 e.